The first-order valence-corrected chi connectivity index (χ1v) is 17.0. The average Bonchev–Trinajstić information content (AvgIpc) is 3.07. The van der Waals surface area contributed by atoms with Gasteiger partial charge in [0.05, 0.1) is 43.2 Å². The summed E-state index contributed by atoms with van der Waals surface area (Å²) in [5.41, 5.74) is 1.45. The number of aromatic carboxylic acids is 1. The van der Waals surface area contributed by atoms with E-state index in [-0.39, 0.29) is 53.8 Å². The number of ether oxygens (including phenoxy) is 1. The van der Waals surface area contributed by atoms with Crippen molar-refractivity contribution in [2.75, 3.05) is 7.11 Å². The Bertz CT molecular complexity index is 2000. The number of halogens is 8. The van der Waals surface area contributed by atoms with Gasteiger partial charge in [-0.15, -0.1) is 0 Å². The van der Waals surface area contributed by atoms with Crippen LogP contribution < -0.4 is 0 Å². The molecule has 1 N–H and O–H groups in total. The number of rotatable bonds is 5. The topological polar surface area (TPSA) is 167 Å². The van der Waals surface area contributed by atoms with Crippen LogP contribution in [0.15, 0.2) is 42.5 Å². The molecular formula is C33H26Cl8N2O9. The van der Waals surface area contributed by atoms with Crippen LogP contribution in [-0.4, -0.2) is 39.8 Å². The number of carbonyl (C=O) groups is 3. The molecule has 0 bridgehead atoms. The number of carbonyl (C=O) groups excluding carboxylic acids is 2. The fourth-order valence-corrected chi connectivity index (χ4v) is 5.59. The maximum Gasteiger partial charge on any atom is 0.339 e. The molecule has 0 aliphatic rings. The Kier molecular flexibility index (Phi) is 18.6. The third-order valence-corrected chi connectivity index (χ3v) is 10.4. The Hall–Kier alpha value is -3.39. The summed E-state index contributed by atoms with van der Waals surface area (Å²) in [5, 5.41) is 32.2. The molecule has 4 rings (SSSR count). The van der Waals surface area contributed by atoms with E-state index in [0.717, 1.165) is 40.4 Å². The van der Waals surface area contributed by atoms with E-state index in [9.17, 15) is 34.6 Å². The van der Waals surface area contributed by atoms with Crippen molar-refractivity contribution >= 4 is 122 Å². The van der Waals surface area contributed by atoms with E-state index in [0.29, 0.717) is 15.6 Å². The van der Waals surface area contributed by atoms with E-state index >= 15 is 0 Å². The van der Waals surface area contributed by atoms with Crippen LogP contribution in [0.3, 0.4) is 0 Å². The zero-order valence-corrected chi connectivity index (χ0v) is 33.7. The van der Waals surface area contributed by atoms with Crippen LogP contribution >= 0.6 is 92.8 Å². The van der Waals surface area contributed by atoms with Gasteiger partial charge in [0.1, 0.15) is 10.0 Å². The second kappa shape index (κ2) is 20.7. The summed E-state index contributed by atoms with van der Waals surface area (Å²) < 4.78 is 4.46. The zero-order chi connectivity index (χ0) is 40.4. The zero-order valence-electron chi connectivity index (χ0n) is 27.7. The molecule has 0 fully saturated rings. The van der Waals surface area contributed by atoms with Crippen LogP contribution in [0.1, 0.15) is 60.3 Å². The number of hydrogen-bond acceptors (Lipinski definition) is 8. The molecule has 0 aromatic heterocycles. The standard InChI is InChI=1S/C9H7Cl2NO4.C9H8Cl2O.C8H5Cl2NO4.C7H6Cl2/c1-4-7(10)5(9(13)16-2)3-6(8(4)11)12(14)15;1-5-8(10)4-3-7(6(2)12)9(5)11;1-3-6(9)4(8(12)13)2-5(7(3)10)11(14)15;1-5-6(8)3-2-4-7(5)9/h3H,1-2H3;3-4H,1-2H3;2H,1H3,(H,12,13);2-4H,1H3. The molecule has 0 atom stereocenters. The summed E-state index contributed by atoms with van der Waals surface area (Å²) in [6.07, 6.45) is 0. The molecular weight excluding hydrogens is 852 g/mol. The molecule has 0 amide bonds. The van der Waals surface area contributed by atoms with Crippen molar-refractivity contribution in [2.24, 2.45) is 0 Å². The summed E-state index contributed by atoms with van der Waals surface area (Å²) in [7, 11) is 1.16. The van der Waals surface area contributed by atoms with Crippen LogP contribution in [0.25, 0.3) is 0 Å². The van der Waals surface area contributed by atoms with Crippen molar-refractivity contribution in [3.05, 3.63) is 142 Å². The molecule has 52 heavy (non-hydrogen) atoms. The molecule has 0 radical (unpaired) electrons. The van der Waals surface area contributed by atoms with Crippen molar-refractivity contribution in [3.8, 4) is 0 Å². The number of nitrogens with zero attached hydrogens (tertiary/aromatic N) is 2. The van der Waals surface area contributed by atoms with E-state index in [4.69, 9.17) is 97.9 Å². The van der Waals surface area contributed by atoms with E-state index in [1.807, 2.05) is 25.1 Å². The predicted octanol–water partition coefficient (Wildman–Crippen LogP) is 12.7. The first-order chi connectivity index (χ1) is 24.0. The van der Waals surface area contributed by atoms with Gasteiger partial charge >= 0.3 is 11.9 Å². The number of benzene rings is 4. The lowest BCUT2D eigenvalue weighted by atomic mass is 10.1. The highest BCUT2D eigenvalue weighted by Crippen LogP contribution is 2.37. The first kappa shape index (κ1) is 46.6. The summed E-state index contributed by atoms with van der Waals surface area (Å²) in [6.45, 7) is 8.07. The number of hydrogen-bond donors (Lipinski definition) is 1. The Morgan fingerprint density at radius 2 is 0.981 bits per heavy atom. The van der Waals surface area contributed by atoms with Gasteiger partial charge in [0.15, 0.2) is 5.78 Å². The Balaban J connectivity index is 0.000000353. The number of methoxy groups -OCH3 is 1. The number of nitro benzene ring substituents is 2. The third kappa shape index (κ3) is 12.1. The summed E-state index contributed by atoms with van der Waals surface area (Å²) in [4.78, 5) is 52.8. The number of Topliss-reactive ketones (excluding diaryl/α,β-unsaturated/α-hetero) is 1. The lowest BCUT2D eigenvalue weighted by molar-refractivity contribution is -0.384. The van der Waals surface area contributed by atoms with E-state index < -0.39 is 27.5 Å². The fraction of sp³-hybridized carbons (Fsp3) is 0.182. The number of ketones is 1. The van der Waals surface area contributed by atoms with Gasteiger partial charge in [-0.1, -0.05) is 98.9 Å². The number of nitro groups is 2. The van der Waals surface area contributed by atoms with Crippen LogP contribution in [0, 0.1) is 47.9 Å². The molecule has 278 valence electrons. The number of esters is 1. The van der Waals surface area contributed by atoms with Gasteiger partial charge < -0.3 is 9.84 Å². The highest BCUT2D eigenvalue weighted by molar-refractivity contribution is 6.40. The summed E-state index contributed by atoms with van der Waals surface area (Å²) in [6, 6.07) is 10.6. The normalized spacial score (nSPS) is 9.96. The number of carboxylic acids is 1. The summed E-state index contributed by atoms with van der Waals surface area (Å²) in [5.74, 6) is -2.12. The van der Waals surface area contributed by atoms with Crippen molar-refractivity contribution in [3.63, 3.8) is 0 Å². The maximum atomic E-state index is 11.3. The minimum Gasteiger partial charge on any atom is -0.478 e. The molecule has 0 spiro atoms. The van der Waals surface area contributed by atoms with Gasteiger partial charge in [-0.25, -0.2) is 9.59 Å². The van der Waals surface area contributed by atoms with Gasteiger partial charge in [0.25, 0.3) is 11.4 Å². The molecule has 0 saturated heterocycles. The Morgan fingerprint density at radius 3 is 1.35 bits per heavy atom. The first-order valence-electron chi connectivity index (χ1n) is 13.9. The lowest BCUT2D eigenvalue weighted by Crippen LogP contribution is -2.05. The third-order valence-electron chi connectivity index (χ3n) is 6.73. The van der Waals surface area contributed by atoms with Gasteiger partial charge in [-0.2, -0.15) is 0 Å². The van der Waals surface area contributed by atoms with Gasteiger partial charge in [0.2, 0.25) is 0 Å². The van der Waals surface area contributed by atoms with Crippen molar-refractivity contribution < 1.29 is 34.1 Å². The van der Waals surface area contributed by atoms with E-state index in [1.54, 1.807) is 19.1 Å². The Morgan fingerprint density at radius 1 is 0.596 bits per heavy atom. The smallest absolute Gasteiger partial charge is 0.339 e. The second-order valence-corrected chi connectivity index (χ2v) is 13.3. The molecule has 19 heteroatoms. The molecule has 0 aliphatic carbocycles. The maximum absolute atomic E-state index is 11.3. The van der Waals surface area contributed by atoms with Crippen LogP contribution in [0.5, 0.6) is 0 Å². The van der Waals surface area contributed by atoms with Crippen molar-refractivity contribution in [1.29, 1.82) is 0 Å². The fourth-order valence-electron chi connectivity index (χ4n) is 3.70. The molecule has 0 aliphatic heterocycles. The van der Waals surface area contributed by atoms with Crippen molar-refractivity contribution in [1.82, 2.24) is 0 Å². The van der Waals surface area contributed by atoms with Crippen LogP contribution in [-0.2, 0) is 4.74 Å². The SMILES string of the molecule is CC(=O)c1ccc(Cl)c(C)c1Cl.COC(=O)c1cc([N+](=O)[O-])c(Cl)c(C)c1Cl.Cc1c(Cl)c(C(=O)O)cc([N+](=O)[O-])c1Cl.Cc1c(Cl)cccc1Cl. The predicted molar refractivity (Wildman–Crippen MR) is 206 cm³/mol. The number of carboxylic acid groups (broad SMARTS) is 1. The Labute approximate surface area is 337 Å². The van der Waals surface area contributed by atoms with Gasteiger partial charge in [-0.05, 0) is 81.1 Å². The minimum absolute atomic E-state index is 0.0419. The van der Waals surface area contributed by atoms with E-state index in [2.05, 4.69) is 4.74 Å². The van der Waals surface area contributed by atoms with Gasteiger partial charge in [-0.3, -0.25) is 25.0 Å². The second-order valence-electron chi connectivity index (χ2n) is 10.1. The van der Waals surface area contributed by atoms with Crippen LogP contribution in [0.4, 0.5) is 11.4 Å². The molecule has 4 aromatic rings. The molecule has 0 heterocycles. The van der Waals surface area contributed by atoms with Gasteiger partial charge in [0, 0.05) is 32.8 Å². The summed E-state index contributed by atoms with van der Waals surface area (Å²) >= 11 is 46.1. The minimum atomic E-state index is -1.33. The molecule has 0 unspecified atom stereocenters. The monoisotopic (exact) mass is 874 g/mol. The van der Waals surface area contributed by atoms with Crippen molar-refractivity contribution in [2.45, 2.75) is 34.6 Å². The largest absolute Gasteiger partial charge is 0.478 e. The molecule has 4 aromatic carbocycles. The van der Waals surface area contributed by atoms with E-state index in [1.165, 1.54) is 20.8 Å². The highest BCUT2D eigenvalue weighted by atomic mass is 35.5. The average molecular weight is 878 g/mol. The van der Waals surface area contributed by atoms with Crippen LogP contribution in [0.2, 0.25) is 40.2 Å². The molecule has 11 nitrogen and oxygen atoms in total. The molecule has 0 saturated carbocycles. The lowest BCUT2D eigenvalue weighted by Gasteiger charge is -2.07. The highest BCUT2D eigenvalue weighted by Gasteiger charge is 2.24. The quantitative estimate of drug-likeness (QED) is 0.0888.